The Bertz CT molecular complexity index is 1900. The summed E-state index contributed by atoms with van der Waals surface area (Å²) < 4.78 is 41.4. The highest BCUT2D eigenvalue weighted by molar-refractivity contribution is 6.32. The van der Waals surface area contributed by atoms with Crippen molar-refractivity contribution in [3.8, 4) is 17.2 Å². The molecule has 0 saturated carbocycles. The van der Waals surface area contributed by atoms with Gasteiger partial charge in [0.15, 0.2) is 17.3 Å². The van der Waals surface area contributed by atoms with E-state index >= 15 is 4.39 Å². The van der Waals surface area contributed by atoms with Gasteiger partial charge in [-0.25, -0.2) is 13.8 Å². The van der Waals surface area contributed by atoms with Crippen LogP contribution in [0.2, 0.25) is 0 Å². The Kier molecular flexibility index (Phi) is 7.33. The zero-order valence-corrected chi connectivity index (χ0v) is 23.4. The van der Waals surface area contributed by atoms with Gasteiger partial charge >= 0.3 is 0 Å². The number of halogens is 2. The number of allylic oxidation sites excluding steroid dienone is 2. The summed E-state index contributed by atoms with van der Waals surface area (Å²) in [6, 6.07) is 19.1. The molecular formula is C34H27F2N3O4. The minimum Gasteiger partial charge on any atom is -0.491 e. The summed E-state index contributed by atoms with van der Waals surface area (Å²) in [6.45, 7) is 3.41. The van der Waals surface area contributed by atoms with E-state index in [4.69, 9.17) is 9.47 Å². The van der Waals surface area contributed by atoms with E-state index in [-0.39, 0.29) is 35.1 Å². The van der Waals surface area contributed by atoms with Crippen LogP contribution in [-0.4, -0.2) is 33.1 Å². The van der Waals surface area contributed by atoms with E-state index in [1.807, 2.05) is 0 Å². The van der Waals surface area contributed by atoms with Crippen molar-refractivity contribution in [2.45, 2.75) is 25.9 Å². The average Bonchev–Trinajstić information content (AvgIpc) is 2.98. The smallest absolute Gasteiger partial charge is 0.197 e. The molecule has 0 fully saturated rings. The molecule has 1 aliphatic carbocycles. The summed E-state index contributed by atoms with van der Waals surface area (Å²) in [5.41, 5.74) is 1.49. The van der Waals surface area contributed by atoms with E-state index in [0.29, 0.717) is 40.1 Å². The molecule has 5 aromatic rings. The first-order valence-corrected chi connectivity index (χ1v) is 13.6. The van der Waals surface area contributed by atoms with E-state index in [1.165, 1.54) is 18.2 Å². The van der Waals surface area contributed by atoms with E-state index < -0.39 is 17.2 Å². The van der Waals surface area contributed by atoms with E-state index in [1.54, 1.807) is 86.9 Å². The summed E-state index contributed by atoms with van der Waals surface area (Å²) in [6.07, 6.45) is 5.26. The molecule has 0 radical (unpaired) electrons. The predicted octanol–water partition coefficient (Wildman–Crippen LogP) is 7.42. The van der Waals surface area contributed by atoms with Crippen molar-refractivity contribution < 1.29 is 28.2 Å². The lowest BCUT2D eigenvalue weighted by atomic mass is 9.87. The van der Waals surface area contributed by atoms with E-state index in [9.17, 15) is 14.3 Å². The number of benzene rings is 3. The first-order valence-electron chi connectivity index (χ1n) is 13.6. The van der Waals surface area contributed by atoms with Crippen molar-refractivity contribution in [3.05, 3.63) is 120 Å². The van der Waals surface area contributed by atoms with Gasteiger partial charge < -0.3 is 19.9 Å². The summed E-state index contributed by atoms with van der Waals surface area (Å²) in [5, 5.41) is 13.6. The molecule has 9 heteroatoms. The fourth-order valence-electron chi connectivity index (χ4n) is 4.83. The number of fused-ring (bicyclic) bond motifs is 2. The van der Waals surface area contributed by atoms with Gasteiger partial charge in [0.25, 0.3) is 0 Å². The van der Waals surface area contributed by atoms with Crippen molar-refractivity contribution in [1.82, 2.24) is 9.97 Å². The van der Waals surface area contributed by atoms with Gasteiger partial charge in [0.1, 0.15) is 29.7 Å². The van der Waals surface area contributed by atoms with Gasteiger partial charge in [0, 0.05) is 46.7 Å². The van der Waals surface area contributed by atoms with Crippen LogP contribution in [0.3, 0.4) is 0 Å². The van der Waals surface area contributed by atoms with Gasteiger partial charge in [-0.2, -0.15) is 0 Å². The van der Waals surface area contributed by atoms with Gasteiger partial charge in [-0.1, -0.05) is 24.3 Å². The van der Waals surface area contributed by atoms with Crippen molar-refractivity contribution in [2.24, 2.45) is 0 Å². The van der Waals surface area contributed by atoms with Crippen LogP contribution in [0.5, 0.6) is 17.2 Å². The molecule has 2 N–H and O–H groups in total. The van der Waals surface area contributed by atoms with Crippen molar-refractivity contribution >= 4 is 33.8 Å². The van der Waals surface area contributed by atoms with Crippen LogP contribution in [0.15, 0.2) is 91.3 Å². The molecule has 0 amide bonds. The van der Waals surface area contributed by atoms with Crippen LogP contribution in [-0.2, 0) is 6.42 Å². The number of carbonyl (C=O) groups is 1. The average molecular weight is 580 g/mol. The molecule has 0 atom stereocenters. The van der Waals surface area contributed by atoms with E-state index in [2.05, 4.69) is 15.3 Å². The van der Waals surface area contributed by atoms with Crippen LogP contribution in [0, 0.1) is 11.6 Å². The summed E-state index contributed by atoms with van der Waals surface area (Å²) in [5.74, 6) is -0.306. The fraction of sp³-hybridized carbons (Fsp3) is 0.147. The van der Waals surface area contributed by atoms with Crippen molar-refractivity contribution in [2.75, 3.05) is 11.9 Å². The van der Waals surface area contributed by atoms with Gasteiger partial charge in [0.05, 0.1) is 16.7 Å². The third kappa shape index (κ3) is 5.93. The third-order valence-electron chi connectivity index (χ3n) is 6.88. The van der Waals surface area contributed by atoms with Gasteiger partial charge in [-0.05, 0) is 68.3 Å². The minimum absolute atomic E-state index is 0.00990. The Hall–Kier alpha value is -5.15. The maximum absolute atomic E-state index is 15.3. The van der Waals surface area contributed by atoms with Crippen molar-refractivity contribution in [1.29, 1.82) is 0 Å². The summed E-state index contributed by atoms with van der Waals surface area (Å²) >= 11 is 0. The quantitative estimate of drug-likeness (QED) is 0.198. The third-order valence-corrected chi connectivity index (χ3v) is 6.88. The maximum atomic E-state index is 15.3. The SMILES string of the molecule is CC(C)(O)COc1ccc2c(Oc3ccc(Nc4nccc5c4C(=O)C(c4ccccc4F)=CC5)cc3F)ccnc2c1. The number of nitrogens with zero attached hydrogens (tertiary/aromatic N) is 2. The summed E-state index contributed by atoms with van der Waals surface area (Å²) in [4.78, 5) is 22.2. The standard InChI is InChI=1S/C34H27F2N3O4/c1-34(2,41)19-42-22-9-11-25-28(18-22)37-16-14-29(25)43-30-12-8-21(17-27(30)36)39-33-31-20(13-15-38-33)7-10-24(32(31)40)23-5-3-4-6-26(23)35/h3-6,8-18,41H,7,19H2,1-2H3,(H,38,39). The lowest BCUT2D eigenvalue weighted by molar-refractivity contribution is 0.0285. The number of pyridine rings is 2. The van der Waals surface area contributed by atoms with Gasteiger partial charge in [-0.3, -0.25) is 9.78 Å². The molecule has 7 nitrogen and oxygen atoms in total. The number of aromatic nitrogens is 2. The molecule has 1 aliphatic rings. The number of ether oxygens (including phenoxy) is 2. The molecule has 6 rings (SSSR count). The monoisotopic (exact) mass is 579 g/mol. The number of aliphatic hydroxyl groups is 1. The molecule has 2 aromatic heterocycles. The molecule has 2 heterocycles. The maximum Gasteiger partial charge on any atom is 0.197 e. The van der Waals surface area contributed by atoms with Crippen LogP contribution in [0.1, 0.15) is 35.3 Å². The number of hydrogen-bond donors (Lipinski definition) is 2. The Labute approximate surface area is 246 Å². The topological polar surface area (TPSA) is 93.6 Å². The highest BCUT2D eigenvalue weighted by Crippen LogP contribution is 2.36. The first kappa shape index (κ1) is 28.0. The molecular weight excluding hydrogens is 552 g/mol. The number of Topliss-reactive ketones (excluding diaryl/α,β-unsaturated/α-hetero) is 1. The molecule has 3 aromatic carbocycles. The summed E-state index contributed by atoms with van der Waals surface area (Å²) in [7, 11) is 0. The second-order valence-electron chi connectivity index (χ2n) is 10.8. The van der Waals surface area contributed by atoms with Crippen molar-refractivity contribution in [3.63, 3.8) is 0 Å². The predicted molar refractivity (Wildman–Crippen MR) is 160 cm³/mol. The number of rotatable bonds is 8. The molecule has 43 heavy (non-hydrogen) atoms. The zero-order chi connectivity index (χ0) is 30.1. The number of nitrogens with one attached hydrogen (secondary N) is 1. The largest absolute Gasteiger partial charge is 0.491 e. The van der Waals surface area contributed by atoms with Crippen LogP contribution >= 0.6 is 0 Å². The molecule has 216 valence electrons. The number of carbonyl (C=O) groups excluding carboxylic acids is 1. The number of ketones is 1. The Morgan fingerprint density at radius 3 is 2.53 bits per heavy atom. The Balaban J connectivity index is 1.23. The van der Waals surface area contributed by atoms with Crippen LogP contribution in [0.25, 0.3) is 16.5 Å². The number of hydrogen-bond acceptors (Lipinski definition) is 7. The van der Waals surface area contributed by atoms with Gasteiger partial charge in [0.2, 0.25) is 0 Å². The molecule has 0 unspecified atom stereocenters. The normalized spacial score (nSPS) is 13.0. The molecule has 0 bridgehead atoms. The van der Waals surface area contributed by atoms with Crippen LogP contribution < -0.4 is 14.8 Å². The lowest BCUT2D eigenvalue weighted by Crippen LogP contribution is -2.27. The first-order chi connectivity index (χ1) is 20.7. The van der Waals surface area contributed by atoms with Gasteiger partial charge in [-0.15, -0.1) is 0 Å². The number of anilines is 2. The minimum atomic E-state index is -0.987. The van der Waals surface area contributed by atoms with E-state index in [0.717, 1.165) is 5.56 Å². The second-order valence-corrected chi connectivity index (χ2v) is 10.8. The second kappa shape index (κ2) is 11.3. The molecule has 0 spiro atoms. The molecule has 0 saturated heterocycles. The lowest BCUT2D eigenvalue weighted by Gasteiger charge is -2.20. The fourth-order valence-corrected chi connectivity index (χ4v) is 4.83. The highest BCUT2D eigenvalue weighted by Gasteiger charge is 2.27. The highest BCUT2D eigenvalue weighted by atomic mass is 19.1. The Morgan fingerprint density at radius 2 is 1.74 bits per heavy atom. The van der Waals surface area contributed by atoms with Crippen LogP contribution in [0.4, 0.5) is 20.3 Å². The Morgan fingerprint density at radius 1 is 0.930 bits per heavy atom. The zero-order valence-electron chi connectivity index (χ0n) is 23.4. The molecule has 0 aliphatic heterocycles.